The Bertz CT molecular complexity index is 223. The van der Waals surface area contributed by atoms with Gasteiger partial charge in [-0.3, -0.25) is 0 Å². The first-order valence-corrected chi connectivity index (χ1v) is 5.78. The first-order chi connectivity index (χ1) is 5.33. The Kier molecular flexibility index (Phi) is 1.69. The van der Waals surface area contributed by atoms with Crippen LogP contribution in [0, 0.1) is 10.8 Å². The lowest BCUT2D eigenvalue weighted by atomic mass is 9.70. The van der Waals surface area contributed by atoms with Crippen LogP contribution in [0.4, 0.5) is 0 Å². The number of hydrogen-bond donors (Lipinski definition) is 1. The quantitative estimate of drug-likeness (QED) is 0.534. The van der Waals surface area contributed by atoms with Gasteiger partial charge in [0.2, 0.25) is 0 Å². The fourth-order valence-corrected chi connectivity index (χ4v) is 4.37. The average molecular weight is 280 g/mol. The Balaban J connectivity index is 2.49. The van der Waals surface area contributed by atoms with Crippen molar-refractivity contribution in [1.29, 1.82) is 0 Å². The van der Waals surface area contributed by atoms with E-state index in [4.69, 9.17) is 0 Å². The summed E-state index contributed by atoms with van der Waals surface area (Å²) in [6.45, 7) is 6.90. The van der Waals surface area contributed by atoms with Gasteiger partial charge in [0, 0.05) is 3.42 Å². The lowest BCUT2D eigenvalue weighted by Gasteiger charge is -2.38. The molecule has 2 heteroatoms. The van der Waals surface area contributed by atoms with E-state index >= 15 is 0 Å². The van der Waals surface area contributed by atoms with E-state index < -0.39 is 0 Å². The fourth-order valence-electron chi connectivity index (χ4n) is 3.07. The number of fused-ring (bicyclic) bond motifs is 2. The topological polar surface area (TPSA) is 20.2 Å². The number of hydrogen-bond acceptors (Lipinski definition) is 1. The summed E-state index contributed by atoms with van der Waals surface area (Å²) in [5, 5.41) is 9.97. The van der Waals surface area contributed by atoms with Crippen LogP contribution in [-0.4, -0.2) is 14.6 Å². The average Bonchev–Trinajstić information content (AvgIpc) is 2.18. The van der Waals surface area contributed by atoms with Gasteiger partial charge in [-0.25, -0.2) is 0 Å². The molecule has 2 aliphatic carbocycles. The third kappa shape index (κ3) is 0.746. The van der Waals surface area contributed by atoms with Crippen LogP contribution >= 0.6 is 22.6 Å². The Morgan fingerprint density at radius 2 is 1.83 bits per heavy atom. The molecular weight excluding hydrogens is 263 g/mol. The second-order valence-electron chi connectivity index (χ2n) is 5.23. The van der Waals surface area contributed by atoms with Crippen LogP contribution in [0.15, 0.2) is 0 Å². The first kappa shape index (κ1) is 9.25. The van der Waals surface area contributed by atoms with Crippen LogP contribution < -0.4 is 0 Å². The maximum Gasteiger partial charge on any atom is 0.0612 e. The minimum absolute atomic E-state index is 0.0712. The van der Waals surface area contributed by atoms with E-state index in [1.54, 1.807) is 0 Å². The molecule has 0 unspecified atom stereocenters. The number of aliphatic hydroxyl groups excluding tert-OH is 1. The summed E-state index contributed by atoms with van der Waals surface area (Å²) < 4.78 is 0.360. The molecule has 2 saturated carbocycles. The zero-order chi connectivity index (χ0) is 9.20. The molecule has 0 aromatic rings. The summed E-state index contributed by atoms with van der Waals surface area (Å²) in [6.07, 6.45) is 3.41. The van der Waals surface area contributed by atoms with Gasteiger partial charge in [0.25, 0.3) is 0 Å². The highest BCUT2D eigenvalue weighted by atomic mass is 127. The van der Waals surface area contributed by atoms with Gasteiger partial charge in [0.15, 0.2) is 0 Å². The summed E-state index contributed by atoms with van der Waals surface area (Å²) in [4.78, 5) is 0. The van der Waals surface area contributed by atoms with E-state index in [1.807, 2.05) is 0 Å². The fraction of sp³-hybridized carbons (Fsp3) is 1.00. The Hall–Kier alpha value is 0.690. The summed E-state index contributed by atoms with van der Waals surface area (Å²) in [6, 6.07) is 0. The molecule has 2 aliphatic rings. The summed E-state index contributed by atoms with van der Waals surface area (Å²) >= 11 is 2.58. The molecule has 12 heavy (non-hydrogen) atoms. The van der Waals surface area contributed by atoms with Crippen molar-refractivity contribution in [3.63, 3.8) is 0 Å². The highest BCUT2D eigenvalue weighted by molar-refractivity contribution is 14.1. The van der Waals surface area contributed by atoms with Crippen LogP contribution in [0.2, 0.25) is 0 Å². The van der Waals surface area contributed by atoms with Gasteiger partial charge in [0.05, 0.1) is 6.10 Å². The molecule has 2 rings (SSSR count). The van der Waals surface area contributed by atoms with Crippen LogP contribution in [0.5, 0.6) is 0 Å². The normalized spacial score (nSPS) is 56.2. The van der Waals surface area contributed by atoms with Crippen molar-refractivity contribution in [3.8, 4) is 0 Å². The summed E-state index contributed by atoms with van der Waals surface area (Å²) in [7, 11) is 0. The van der Waals surface area contributed by atoms with Gasteiger partial charge in [0.1, 0.15) is 0 Å². The third-order valence-corrected chi connectivity index (χ3v) is 7.17. The molecule has 2 bridgehead atoms. The second-order valence-corrected chi connectivity index (χ2v) is 7.29. The number of rotatable bonds is 0. The minimum Gasteiger partial charge on any atom is -0.392 e. The summed E-state index contributed by atoms with van der Waals surface area (Å²) in [5.74, 6) is 0. The molecule has 1 N–H and O–H groups in total. The van der Waals surface area contributed by atoms with Crippen molar-refractivity contribution in [2.24, 2.45) is 10.8 Å². The molecule has 0 amide bonds. The van der Waals surface area contributed by atoms with Gasteiger partial charge < -0.3 is 5.11 Å². The van der Waals surface area contributed by atoms with Crippen molar-refractivity contribution < 1.29 is 5.11 Å². The van der Waals surface area contributed by atoms with Crippen LogP contribution in [0.1, 0.15) is 40.0 Å². The van der Waals surface area contributed by atoms with E-state index in [0.29, 0.717) is 8.84 Å². The SMILES string of the molecule is CC1(C)[C@]2(I)CC[C@]1(C)[C@@H](O)C2. The lowest BCUT2D eigenvalue weighted by molar-refractivity contribution is 0.0129. The van der Waals surface area contributed by atoms with Gasteiger partial charge in [-0.05, 0) is 30.1 Å². The Morgan fingerprint density at radius 3 is 2.00 bits per heavy atom. The zero-order valence-corrected chi connectivity index (χ0v) is 10.2. The van der Waals surface area contributed by atoms with Crippen molar-refractivity contribution in [3.05, 3.63) is 0 Å². The van der Waals surface area contributed by atoms with Crippen molar-refractivity contribution in [1.82, 2.24) is 0 Å². The van der Waals surface area contributed by atoms with Gasteiger partial charge in [-0.15, -0.1) is 0 Å². The van der Waals surface area contributed by atoms with Gasteiger partial charge in [-0.1, -0.05) is 43.4 Å². The third-order valence-electron chi connectivity index (χ3n) is 4.84. The van der Waals surface area contributed by atoms with Crippen LogP contribution in [0.25, 0.3) is 0 Å². The maximum absolute atomic E-state index is 9.97. The lowest BCUT2D eigenvalue weighted by Crippen LogP contribution is -2.37. The van der Waals surface area contributed by atoms with E-state index in [-0.39, 0.29) is 11.5 Å². The number of alkyl halides is 1. The van der Waals surface area contributed by atoms with E-state index in [9.17, 15) is 5.11 Å². The van der Waals surface area contributed by atoms with E-state index in [0.717, 1.165) is 6.42 Å². The molecule has 1 nitrogen and oxygen atoms in total. The summed E-state index contributed by atoms with van der Waals surface area (Å²) in [5.41, 5.74) is 0.480. The number of halogens is 1. The van der Waals surface area contributed by atoms with Crippen LogP contribution in [-0.2, 0) is 0 Å². The monoisotopic (exact) mass is 280 g/mol. The smallest absolute Gasteiger partial charge is 0.0612 e. The van der Waals surface area contributed by atoms with Crippen molar-refractivity contribution in [2.45, 2.75) is 49.6 Å². The Morgan fingerprint density at radius 1 is 1.25 bits per heavy atom. The highest BCUT2D eigenvalue weighted by Gasteiger charge is 2.68. The maximum atomic E-state index is 9.97. The molecule has 3 atom stereocenters. The molecule has 70 valence electrons. The largest absolute Gasteiger partial charge is 0.392 e. The Labute approximate surface area is 88.1 Å². The van der Waals surface area contributed by atoms with Gasteiger partial charge >= 0.3 is 0 Å². The molecule has 0 radical (unpaired) electrons. The first-order valence-electron chi connectivity index (χ1n) is 4.70. The molecule has 0 aromatic heterocycles. The van der Waals surface area contributed by atoms with E-state index in [1.165, 1.54) is 12.8 Å². The highest BCUT2D eigenvalue weighted by Crippen LogP contribution is 2.70. The molecule has 0 aliphatic heterocycles. The predicted molar refractivity (Wildman–Crippen MR) is 58.5 cm³/mol. The van der Waals surface area contributed by atoms with Crippen molar-refractivity contribution >= 4 is 22.6 Å². The standard InChI is InChI=1S/C10H17IO/c1-8(2)9(3)4-5-10(8,11)6-7(9)12/h7,12H,4-6H2,1-3H3/t7-,9+,10-/m0/s1. The molecule has 0 spiro atoms. The zero-order valence-electron chi connectivity index (χ0n) is 8.02. The molecule has 2 fully saturated rings. The minimum atomic E-state index is -0.0712. The van der Waals surface area contributed by atoms with E-state index in [2.05, 4.69) is 43.4 Å². The predicted octanol–water partition coefficient (Wildman–Crippen LogP) is 2.75. The number of aliphatic hydroxyl groups is 1. The molecule has 0 aromatic carbocycles. The van der Waals surface area contributed by atoms with Crippen LogP contribution in [0.3, 0.4) is 0 Å². The van der Waals surface area contributed by atoms with Crippen molar-refractivity contribution in [2.75, 3.05) is 0 Å². The molecular formula is C10H17IO. The molecule has 0 heterocycles. The molecule has 0 saturated heterocycles. The van der Waals surface area contributed by atoms with Gasteiger partial charge in [-0.2, -0.15) is 0 Å². The second kappa shape index (κ2) is 2.19.